The van der Waals surface area contributed by atoms with Gasteiger partial charge in [0, 0.05) is 56.1 Å². The van der Waals surface area contributed by atoms with Gasteiger partial charge in [0.05, 0.1) is 12.7 Å². The normalized spacial score (nSPS) is 21.6. The van der Waals surface area contributed by atoms with Crippen LogP contribution in [-0.4, -0.2) is 68.9 Å². The predicted octanol–water partition coefficient (Wildman–Crippen LogP) is 0.750. The van der Waals surface area contributed by atoms with Crippen LogP contribution in [0.1, 0.15) is 29.2 Å². The summed E-state index contributed by atoms with van der Waals surface area (Å²) in [5.74, 6) is -0.198. The van der Waals surface area contributed by atoms with Gasteiger partial charge < -0.3 is 14.6 Å². The molecule has 150 valence electrons. The summed E-state index contributed by atoms with van der Waals surface area (Å²) >= 11 is 0. The molecule has 2 aromatic heterocycles. The average Bonchev–Trinajstić information content (AvgIpc) is 3.16. The van der Waals surface area contributed by atoms with Gasteiger partial charge in [0.1, 0.15) is 0 Å². The second-order valence-corrected chi connectivity index (χ2v) is 8.18. The number of H-pyrrole nitrogens is 1. The first kappa shape index (κ1) is 18.9. The zero-order chi connectivity index (χ0) is 19.7. The Morgan fingerprint density at radius 1 is 1.36 bits per heavy atom. The van der Waals surface area contributed by atoms with Crippen LogP contribution in [0, 0.1) is 5.92 Å². The molecule has 2 N–H and O–H groups in total. The number of likely N-dealkylation sites (tertiary alicyclic amines) is 1. The molecule has 0 radical (unpaired) electrons. The van der Waals surface area contributed by atoms with Gasteiger partial charge in [-0.3, -0.25) is 19.6 Å². The third-order valence-electron chi connectivity index (χ3n) is 5.89. The summed E-state index contributed by atoms with van der Waals surface area (Å²) < 4.78 is 1.94. The molecule has 0 saturated carbocycles. The van der Waals surface area contributed by atoms with Crippen LogP contribution in [0.3, 0.4) is 0 Å². The Hall–Kier alpha value is -2.45. The van der Waals surface area contributed by atoms with Crippen LogP contribution < -0.4 is 5.56 Å². The van der Waals surface area contributed by atoms with Gasteiger partial charge in [0.2, 0.25) is 0 Å². The Bertz CT molecular complexity index is 892. The van der Waals surface area contributed by atoms with E-state index in [0.29, 0.717) is 25.6 Å². The number of carbonyl (C=O) groups is 1. The molecule has 4 rings (SSSR count). The highest BCUT2D eigenvalue weighted by Crippen LogP contribution is 2.35. The highest BCUT2D eigenvalue weighted by Gasteiger charge is 2.35. The maximum absolute atomic E-state index is 13.1. The molecule has 2 aromatic rings. The summed E-state index contributed by atoms with van der Waals surface area (Å²) in [6.07, 6.45) is 5.66. The third kappa shape index (κ3) is 4.02. The second-order valence-electron chi connectivity index (χ2n) is 8.18. The molecule has 0 aromatic carbocycles. The van der Waals surface area contributed by atoms with E-state index in [-0.39, 0.29) is 18.0 Å². The number of likely N-dealkylation sites (N-methyl/N-ethyl adjacent to an activating group) is 1. The summed E-state index contributed by atoms with van der Waals surface area (Å²) in [5.41, 5.74) is 3.14. The second kappa shape index (κ2) is 7.89. The molecule has 0 amide bonds. The quantitative estimate of drug-likeness (QED) is 0.730. The fourth-order valence-corrected chi connectivity index (χ4v) is 4.64. The Morgan fingerprint density at radius 2 is 2.21 bits per heavy atom. The fourth-order valence-electron chi connectivity index (χ4n) is 4.64. The van der Waals surface area contributed by atoms with E-state index in [4.69, 9.17) is 5.11 Å². The smallest absolute Gasteiger partial charge is 0.317 e. The van der Waals surface area contributed by atoms with E-state index in [1.807, 2.05) is 35.0 Å². The number of nitrogens with zero attached hydrogens (tertiary/aromatic N) is 4. The minimum Gasteiger partial charge on any atom is -0.480 e. The number of carboxylic acids is 1. The average molecular weight is 385 g/mol. The largest absolute Gasteiger partial charge is 0.480 e. The number of carboxylic acid groups (broad SMARTS) is 1. The molecule has 8 heteroatoms. The van der Waals surface area contributed by atoms with Crippen molar-refractivity contribution in [3.8, 4) is 0 Å². The molecule has 2 aliphatic rings. The fraction of sp³-hybridized carbons (Fsp3) is 0.550. The number of aromatic amines is 1. The minimum absolute atomic E-state index is 0.0801. The summed E-state index contributed by atoms with van der Waals surface area (Å²) in [7, 11) is 2.03. The first-order valence-corrected chi connectivity index (χ1v) is 9.82. The molecule has 0 spiro atoms. The Labute approximate surface area is 163 Å². The van der Waals surface area contributed by atoms with E-state index in [9.17, 15) is 9.59 Å². The van der Waals surface area contributed by atoms with E-state index in [1.165, 1.54) is 0 Å². The highest BCUT2D eigenvalue weighted by molar-refractivity contribution is 5.69. The first-order chi connectivity index (χ1) is 13.5. The van der Waals surface area contributed by atoms with E-state index in [1.54, 1.807) is 0 Å². The van der Waals surface area contributed by atoms with Crippen LogP contribution in [0.2, 0.25) is 0 Å². The zero-order valence-corrected chi connectivity index (χ0v) is 16.2. The van der Waals surface area contributed by atoms with Crippen molar-refractivity contribution in [1.29, 1.82) is 0 Å². The number of hydrogen-bond donors (Lipinski definition) is 2. The number of pyridine rings is 1. The lowest BCUT2D eigenvalue weighted by Crippen LogP contribution is -2.48. The maximum Gasteiger partial charge on any atom is 0.317 e. The lowest BCUT2D eigenvalue weighted by atomic mass is 9.83. The van der Waals surface area contributed by atoms with Crippen molar-refractivity contribution in [2.24, 2.45) is 5.92 Å². The molecular weight excluding hydrogens is 358 g/mol. The Balaban J connectivity index is 1.46. The topological polar surface area (TPSA) is 94.5 Å². The molecule has 2 atom stereocenters. The summed E-state index contributed by atoms with van der Waals surface area (Å²) in [6, 6.07) is 4.03. The van der Waals surface area contributed by atoms with Gasteiger partial charge in [-0.2, -0.15) is 5.10 Å². The molecule has 4 heterocycles. The van der Waals surface area contributed by atoms with Gasteiger partial charge >= 0.3 is 5.97 Å². The summed E-state index contributed by atoms with van der Waals surface area (Å²) in [6.45, 7) is 3.72. The van der Waals surface area contributed by atoms with E-state index in [2.05, 4.69) is 21.2 Å². The lowest BCUT2D eigenvalue weighted by molar-refractivity contribution is -0.139. The van der Waals surface area contributed by atoms with Crippen molar-refractivity contribution in [3.63, 3.8) is 0 Å². The third-order valence-corrected chi connectivity index (χ3v) is 5.89. The molecule has 0 unspecified atom stereocenters. The molecule has 8 nitrogen and oxygen atoms in total. The number of fused-ring (bicyclic) bond motifs is 4. The van der Waals surface area contributed by atoms with Crippen molar-refractivity contribution < 1.29 is 9.90 Å². The number of rotatable bonds is 7. The molecule has 28 heavy (non-hydrogen) atoms. The van der Waals surface area contributed by atoms with E-state index >= 15 is 0 Å². The van der Waals surface area contributed by atoms with E-state index in [0.717, 1.165) is 42.8 Å². The van der Waals surface area contributed by atoms with Crippen LogP contribution in [-0.2, 0) is 24.3 Å². The van der Waals surface area contributed by atoms with Crippen molar-refractivity contribution in [2.45, 2.75) is 31.8 Å². The highest BCUT2D eigenvalue weighted by atomic mass is 16.4. The Kier molecular flexibility index (Phi) is 5.32. The van der Waals surface area contributed by atoms with Crippen molar-refractivity contribution in [1.82, 2.24) is 24.6 Å². The van der Waals surface area contributed by atoms with Gasteiger partial charge in [0.25, 0.3) is 5.56 Å². The molecule has 1 fully saturated rings. The minimum atomic E-state index is -0.786. The molecule has 1 saturated heterocycles. The lowest BCUT2D eigenvalue weighted by Gasteiger charge is -2.42. The number of aromatic nitrogens is 3. The van der Waals surface area contributed by atoms with Crippen molar-refractivity contribution in [2.75, 3.05) is 33.2 Å². The maximum atomic E-state index is 13.1. The van der Waals surface area contributed by atoms with E-state index < -0.39 is 5.97 Å². The number of hydrogen-bond acceptors (Lipinski definition) is 5. The van der Waals surface area contributed by atoms with Crippen LogP contribution in [0.15, 0.2) is 29.3 Å². The number of nitrogens with one attached hydrogen (secondary N) is 1. The van der Waals surface area contributed by atoms with Gasteiger partial charge in [-0.05, 0) is 37.4 Å². The number of piperidine rings is 1. The zero-order valence-electron chi connectivity index (χ0n) is 16.2. The van der Waals surface area contributed by atoms with Crippen LogP contribution in [0.25, 0.3) is 0 Å². The van der Waals surface area contributed by atoms with Gasteiger partial charge in [-0.25, -0.2) is 0 Å². The molecule has 2 aliphatic heterocycles. The van der Waals surface area contributed by atoms with Gasteiger partial charge in [-0.15, -0.1) is 0 Å². The predicted molar refractivity (Wildman–Crippen MR) is 104 cm³/mol. The van der Waals surface area contributed by atoms with Crippen molar-refractivity contribution in [3.05, 3.63) is 51.7 Å². The SMILES string of the molecule is CN(CCc1cn[nH]c1)Cc1ccc2n(c1=O)C[C@H]1C[C@@H]2CN(CC(=O)O)C1. The summed E-state index contributed by atoms with van der Waals surface area (Å²) in [4.78, 5) is 28.3. The Morgan fingerprint density at radius 3 is 2.96 bits per heavy atom. The van der Waals surface area contributed by atoms with Crippen LogP contribution >= 0.6 is 0 Å². The van der Waals surface area contributed by atoms with Crippen LogP contribution in [0.4, 0.5) is 0 Å². The molecule has 2 bridgehead atoms. The first-order valence-electron chi connectivity index (χ1n) is 9.82. The van der Waals surface area contributed by atoms with Gasteiger partial charge in [-0.1, -0.05) is 6.07 Å². The summed E-state index contributed by atoms with van der Waals surface area (Å²) in [5, 5.41) is 15.9. The molecular formula is C20H27N5O3. The van der Waals surface area contributed by atoms with Crippen LogP contribution in [0.5, 0.6) is 0 Å². The number of aliphatic carboxylic acids is 1. The monoisotopic (exact) mass is 385 g/mol. The standard InChI is InChI=1S/C20H27N5O3/c1-23(5-4-14-7-21-22-8-14)11-16-2-3-18-17-6-15(10-25(18)20(16)28)9-24(12-17)13-19(26)27/h2-3,7-8,15,17H,4-6,9-13H2,1H3,(H,21,22)(H,26,27)/t15-,17+/m0/s1. The van der Waals surface area contributed by atoms with Crippen molar-refractivity contribution >= 4 is 5.97 Å². The molecule has 0 aliphatic carbocycles. The van der Waals surface area contributed by atoms with Gasteiger partial charge in [0.15, 0.2) is 0 Å².